The van der Waals surface area contributed by atoms with Gasteiger partial charge in [-0.3, -0.25) is 4.98 Å². The van der Waals surface area contributed by atoms with Gasteiger partial charge in [-0.25, -0.2) is 0 Å². The normalized spacial score (nSPS) is 16.1. The van der Waals surface area contributed by atoms with E-state index in [9.17, 15) is 0 Å². The van der Waals surface area contributed by atoms with Crippen LogP contribution < -0.4 is 10.6 Å². The fraction of sp³-hybridized carbons (Fsp3) is 0.583. The molecule has 2 N–H and O–H groups in total. The second-order valence-electron chi connectivity index (χ2n) is 4.13. The Hall–Kier alpha value is -1.09. The van der Waals surface area contributed by atoms with Crippen LogP contribution >= 0.6 is 0 Å². The van der Waals surface area contributed by atoms with E-state index < -0.39 is 0 Å². The highest BCUT2D eigenvalue weighted by molar-refractivity contribution is 5.46. The summed E-state index contributed by atoms with van der Waals surface area (Å²) in [6, 6.07) is 4.92. The molecule has 0 aromatic carbocycles. The molecule has 15 heavy (non-hydrogen) atoms. The van der Waals surface area contributed by atoms with E-state index in [1.807, 2.05) is 12.4 Å². The Kier molecular flexibility index (Phi) is 3.56. The topological polar surface area (TPSA) is 42.1 Å². The summed E-state index contributed by atoms with van der Waals surface area (Å²) in [6.07, 6.45) is 8.82. The van der Waals surface area contributed by atoms with Gasteiger partial charge < -0.3 is 10.6 Å². The molecule has 0 atom stereocenters. The Labute approximate surface area is 91.3 Å². The maximum Gasteiger partial charge on any atom is 0.0399 e. The summed E-state index contributed by atoms with van der Waals surface area (Å²) in [5.41, 5.74) is 6.87. The zero-order valence-electron chi connectivity index (χ0n) is 9.10. The van der Waals surface area contributed by atoms with Crippen LogP contribution in [0.4, 0.5) is 5.69 Å². The molecule has 1 aromatic heterocycles. The fourth-order valence-corrected chi connectivity index (χ4v) is 2.02. The molecule has 1 aromatic rings. The minimum atomic E-state index is 0.735. The molecule has 0 radical (unpaired) electrons. The van der Waals surface area contributed by atoms with Gasteiger partial charge in [-0.15, -0.1) is 0 Å². The number of hydrogen-bond donors (Lipinski definition) is 1. The Morgan fingerprint density at radius 1 is 1.33 bits per heavy atom. The number of hydrogen-bond acceptors (Lipinski definition) is 3. The van der Waals surface area contributed by atoms with Crippen molar-refractivity contribution in [1.29, 1.82) is 0 Å². The third-order valence-corrected chi connectivity index (χ3v) is 3.11. The average Bonchev–Trinajstić information content (AvgIpc) is 2.22. The van der Waals surface area contributed by atoms with Gasteiger partial charge in [0.05, 0.1) is 0 Å². The lowest BCUT2D eigenvalue weighted by molar-refractivity contribution is 0.385. The largest absolute Gasteiger partial charge is 0.368 e. The third kappa shape index (κ3) is 2.48. The Balaban J connectivity index is 2.04. The van der Waals surface area contributed by atoms with E-state index in [-0.39, 0.29) is 0 Å². The standard InChI is InChI=1S/C12H19N3/c13-7-2-10-15(11-3-1-4-11)12-5-8-14-9-6-12/h5-6,8-9,11H,1-4,7,10,13H2. The van der Waals surface area contributed by atoms with Crippen molar-refractivity contribution in [1.82, 2.24) is 4.98 Å². The lowest BCUT2D eigenvalue weighted by Gasteiger charge is -2.39. The van der Waals surface area contributed by atoms with Crippen molar-refractivity contribution in [3.05, 3.63) is 24.5 Å². The summed E-state index contributed by atoms with van der Waals surface area (Å²) in [5, 5.41) is 0. The minimum absolute atomic E-state index is 0.735. The lowest BCUT2D eigenvalue weighted by Crippen LogP contribution is -2.41. The Bertz CT molecular complexity index is 282. The molecule has 1 heterocycles. The van der Waals surface area contributed by atoms with Crippen LogP contribution in [0.1, 0.15) is 25.7 Å². The number of rotatable bonds is 5. The predicted molar refractivity (Wildman–Crippen MR) is 62.9 cm³/mol. The molecular weight excluding hydrogens is 186 g/mol. The van der Waals surface area contributed by atoms with E-state index >= 15 is 0 Å². The fourth-order valence-electron chi connectivity index (χ4n) is 2.02. The summed E-state index contributed by atoms with van der Waals surface area (Å²) >= 11 is 0. The molecule has 1 fully saturated rings. The smallest absolute Gasteiger partial charge is 0.0399 e. The highest BCUT2D eigenvalue weighted by Gasteiger charge is 2.24. The van der Waals surface area contributed by atoms with Crippen molar-refractivity contribution in [2.45, 2.75) is 31.7 Å². The SMILES string of the molecule is NCCCN(c1ccncc1)C1CCC1. The van der Waals surface area contributed by atoms with Gasteiger partial charge in [-0.1, -0.05) is 0 Å². The van der Waals surface area contributed by atoms with Crippen molar-refractivity contribution in [2.24, 2.45) is 5.73 Å². The number of aromatic nitrogens is 1. The molecule has 1 aliphatic rings. The van der Waals surface area contributed by atoms with E-state index in [4.69, 9.17) is 5.73 Å². The highest BCUT2D eigenvalue weighted by Crippen LogP contribution is 2.29. The van der Waals surface area contributed by atoms with Crippen LogP contribution in [-0.4, -0.2) is 24.1 Å². The van der Waals surface area contributed by atoms with Crippen molar-refractivity contribution in [3.63, 3.8) is 0 Å². The summed E-state index contributed by atoms with van der Waals surface area (Å²) in [5.74, 6) is 0. The molecule has 0 amide bonds. The average molecular weight is 205 g/mol. The van der Waals surface area contributed by atoms with E-state index in [0.717, 1.165) is 25.6 Å². The van der Waals surface area contributed by atoms with Gasteiger partial charge >= 0.3 is 0 Å². The second kappa shape index (κ2) is 5.12. The van der Waals surface area contributed by atoms with Crippen LogP contribution in [0.15, 0.2) is 24.5 Å². The van der Waals surface area contributed by atoms with Gasteiger partial charge in [0.15, 0.2) is 0 Å². The van der Waals surface area contributed by atoms with E-state index in [1.165, 1.54) is 24.9 Å². The van der Waals surface area contributed by atoms with Crippen molar-refractivity contribution in [2.75, 3.05) is 18.0 Å². The van der Waals surface area contributed by atoms with Gasteiger partial charge in [-0.2, -0.15) is 0 Å². The molecule has 2 rings (SSSR count). The molecule has 0 bridgehead atoms. The minimum Gasteiger partial charge on any atom is -0.368 e. The molecule has 1 aliphatic carbocycles. The van der Waals surface area contributed by atoms with Crippen LogP contribution in [-0.2, 0) is 0 Å². The molecule has 3 nitrogen and oxygen atoms in total. The molecule has 0 aliphatic heterocycles. The molecule has 0 unspecified atom stereocenters. The summed E-state index contributed by atoms with van der Waals surface area (Å²) in [6.45, 7) is 1.85. The van der Waals surface area contributed by atoms with E-state index in [1.54, 1.807) is 0 Å². The maximum absolute atomic E-state index is 5.58. The number of nitrogens with zero attached hydrogens (tertiary/aromatic N) is 2. The van der Waals surface area contributed by atoms with Gasteiger partial charge in [0.1, 0.15) is 0 Å². The van der Waals surface area contributed by atoms with Crippen molar-refractivity contribution < 1.29 is 0 Å². The van der Waals surface area contributed by atoms with Crippen molar-refractivity contribution >= 4 is 5.69 Å². The first-order chi connectivity index (χ1) is 7.42. The van der Waals surface area contributed by atoms with Crippen LogP contribution in [0, 0.1) is 0 Å². The third-order valence-electron chi connectivity index (χ3n) is 3.11. The van der Waals surface area contributed by atoms with Crippen molar-refractivity contribution in [3.8, 4) is 0 Å². The first kappa shape index (κ1) is 10.4. The predicted octanol–water partition coefficient (Wildman–Crippen LogP) is 1.79. The molecule has 0 spiro atoms. The summed E-state index contributed by atoms with van der Waals surface area (Å²) < 4.78 is 0. The molecule has 3 heteroatoms. The van der Waals surface area contributed by atoms with Gasteiger partial charge in [-0.05, 0) is 44.4 Å². The van der Waals surface area contributed by atoms with E-state index in [2.05, 4.69) is 22.0 Å². The van der Waals surface area contributed by atoms with Crippen LogP contribution in [0.5, 0.6) is 0 Å². The summed E-state index contributed by atoms with van der Waals surface area (Å²) in [7, 11) is 0. The van der Waals surface area contributed by atoms with Crippen LogP contribution in [0.2, 0.25) is 0 Å². The number of pyridine rings is 1. The monoisotopic (exact) mass is 205 g/mol. The van der Waals surface area contributed by atoms with Crippen LogP contribution in [0.3, 0.4) is 0 Å². The highest BCUT2D eigenvalue weighted by atomic mass is 15.2. The number of anilines is 1. The summed E-state index contributed by atoms with van der Waals surface area (Å²) in [4.78, 5) is 6.54. The first-order valence-corrected chi connectivity index (χ1v) is 5.78. The molecular formula is C12H19N3. The molecule has 1 saturated carbocycles. The first-order valence-electron chi connectivity index (χ1n) is 5.78. The lowest BCUT2D eigenvalue weighted by atomic mass is 9.91. The van der Waals surface area contributed by atoms with Gasteiger partial charge in [0.25, 0.3) is 0 Å². The van der Waals surface area contributed by atoms with E-state index in [0.29, 0.717) is 0 Å². The zero-order valence-corrected chi connectivity index (χ0v) is 9.10. The Morgan fingerprint density at radius 3 is 2.60 bits per heavy atom. The molecule has 0 saturated heterocycles. The van der Waals surface area contributed by atoms with Crippen LogP contribution in [0.25, 0.3) is 0 Å². The quantitative estimate of drug-likeness (QED) is 0.797. The van der Waals surface area contributed by atoms with Gasteiger partial charge in [0.2, 0.25) is 0 Å². The molecule has 82 valence electrons. The zero-order chi connectivity index (χ0) is 10.5. The maximum atomic E-state index is 5.58. The number of nitrogens with two attached hydrogens (primary N) is 1. The second-order valence-corrected chi connectivity index (χ2v) is 4.13. The van der Waals surface area contributed by atoms with Gasteiger partial charge in [0, 0.05) is 30.7 Å². The Morgan fingerprint density at radius 2 is 2.07 bits per heavy atom.